The van der Waals surface area contributed by atoms with Gasteiger partial charge in [0.15, 0.2) is 0 Å². The van der Waals surface area contributed by atoms with Crippen LogP contribution in [0.15, 0.2) is 28.9 Å². The molecule has 0 spiro atoms. The summed E-state index contributed by atoms with van der Waals surface area (Å²) >= 11 is 2.95. The maximum atomic E-state index is 13.7. The van der Waals surface area contributed by atoms with Gasteiger partial charge in [0.05, 0.1) is 15.8 Å². The van der Waals surface area contributed by atoms with Gasteiger partial charge in [0.1, 0.15) is 17.3 Å². The molecule has 21 heavy (non-hydrogen) atoms. The third-order valence-corrected chi connectivity index (χ3v) is 3.48. The fourth-order valence-corrected chi connectivity index (χ4v) is 2.30. The number of carbonyl (C=O) groups excluding carboxylic acids is 1. The molecule has 0 saturated heterocycles. The summed E-state index contributed by atoms with van der Waals surface area (Å²) in [4.78, 5) is 12.2. The lowest BCUT2D eigenvalue weighted by atomic mass is 10.2. The molecule has 1 aromatic heterocycles. The highest BCUT2D eigenvalue weighted by Crippen LogP contribution is 2.24. The summed E-state index contributed by atoms with van der Waals surface area (Å²) in [6.45, 7) is 2.59. The Labute approximate surface area is 129 Å². The van der Waals surface area contributed by atoms with Gasteiger partial charge in [-0.2, -0.15) is 0 Å². The van der Waals surface area contributed by atoms with Crippen LogP contribution >= 0.6 is 15.9 Å². The molecule has 0 atom stereocenters. The average Bonchev–Trinajstić information content (AvgIpc) is 2.77. The summed E-state index contributed by atoms with van der Waals surface area (Å²) in [7, 11) is 0. The van der Waals surface area contributed by atoms with E-state index in [9.17, 15) is 13.6 Å². The number of anilines is 2. The predicted octanol–water partition coefficient (Wildman–Crippen LogP) is 3.77. The zero-order valence-corrected chi connectivity index (χ0v) is 12.9. The number of nitrogen functional groups attached to an aromatic ring is 1. The summed E-state index contributed by atoms with van der Waals surface area (Å²) in [5.41, 5.74) is 6.36. The van der Waals surface area contributed by atoms with Crippen molar-refractivity contribution in [1.29, 1.82) is 0 Å². The lowest BCUT2D eigenvalue weighted by Crippen LogP contribution is -2.17. The van der Waals surface area contributed by atoms with Crippen molar-refractivity contribution in [1.82, 2.24) is 4.57 Å². The van der Waals surface area contributed by atoms with Crippen molar-refractivity contribution >= 4 is 33.2 Å². The minimum atomic E-state index is -0.842. The van der Waals surface area contributed by atoms with Crippen molar-refractivity contribution in [2.45, 2.75) is 19.9 Å². The van der Waals surface area contributed by atoms with Crippen molar-refractivity contribution in [3.63, 3.8) is 0 Å². The molecule has 0 saturated carbocycles. The molecule has 0 fully saturated rings. The number of hydrogen-bond acceptors (Lipinski definition) is 2. The van der Waals surface area contributed by atoms with Gasteiger partial charge in [-0.25, -0.2) is 8.78 Å². The van der Waals surface area contributed by atoms with Crippen LogP contribution in [0.2, 0.25) is 0 Å². The van der Waals surface area contributed by atoms with Crippen molar-refractivity contribution in [3.8, 4) is 0 Å². The van der Waals surface area contributed by atoms with Gasteiger partial charge in [-0.1, -0.05) is 6.92 Å². The molecule has 0 aliphatic carbocycles. The molecule has 0 radical (unpaired) electrons. The van der Waals surface area contributed by atoms with Crippen LogP contribution in [-0.4, -0.2) is 10.5 Å². The van der Waals surface area contributed by atoms with E-state index in [0.29, 0.717) is 24.0 Å². The second kappa shape index (κ2) is 6.26. The standard InChI is InChI=1S/C14H14BrF2N3O/c1-2-3-20-7-8(18)4-13(20)14(21)19-12-5-9(15)10(16)6-11(12)17/h4-7H,2-3,18H2,1H3,(H,19,21). The van der Waals surface area contributed by atoms with E-state index in [1.165, 1.54) is 12.1 Å². The first-order valence-electron chi connectivity index (χ1n) is 6.34. The summed E-state index contributed by atoms with van der Waals surface area (Å²) in [6.07, 6.45) is 2.47. The smallest absolute Gasteiger partial charge is 0.272 e. The lowest BCUT2D eigenvalue weighted by molar-refractivity contribution is 0.101. The van der Waals surface area contributed by atoms with Crippen molar-refractivity contribution in [2.24, 2.45) is 0 Å². The van der Waals surface area contributed by atoms with Gasteiger partial charge >= 0.3 is 0 Å². The number of aryl methyl sites for hydroxylation is 1. The molecule has 7 heteroatoms. The van der Waals surface area contributed by atoms with Crippen LogP contribution in [0.4, 0.5) is 20.2 Å². The Kier molecular flexibility index (Phi) is 4.62. The van der Waals surface area contributed by atoms with Crippen LogP contribution in [0.5, 0.6) is 0 Å². The second-order valence-electron chi connectivity index (χ2n) is 4.55. The van der Waals surface area contributed by atoms with Gasteiger partial charge < -0.3 is 15.6 Å². The maximum absolute atomic E-state index is 13.7. The Hall–Kier alpha value is -1.89. The van der Waals surface area contributed by atoms with Gasteiger partial charge in [-0.3, -0.25) is 4.79 Å². The van der Waals surface area contributed by atoms with E-state index in [0.717, 1.165) is 6.42 Å². The number of nitrogens with one attached hydrogen (secondary N) is 1. The lowest BCUT2D eigenvalue weighted by Gasteiger charge is -2.10. The molecule has 3 N–H and O–H groups in total. The van der Waals surface area contributed by atoms with Crippen molar-refractivity contribution in [2.75, 3.05) is 11.1 Å². The zero-order valence-electron chi connectivity index (χ0n) is 11.3. The molecular weight excluding hydrogens is 344 g/mol. The Balaban J connectivity index is 2.28. The van der Waals surface area contributed by atoms with Gasteiger partial charge in [0.25, 0.3) is 5.91 Å². The first-order chi connectivity index (χ1) is 9.92. The van der Waals surface area contributed by atoms with E-state index in [1.807, 2.05) is 6.92 Å². The Morgan fingerprint density at radius 2 is 2.05 bits per heavy atom. The SMILES string of the molecule is CCCn1cc(N)cc1C(=O)Nc1cc(Br)c(F)cc1F. The average molecular weight is 358 g/mol. The minimum absolute atomic E-state index is 0.0719. The number of amides is 1. The maximum Gasteiger partial charge on any atom is 0.272 e. The van der Waals surface area contributed by atoms with E-state index in [-0.39, 0.29) is 10.2 Å². The number of aromatic nitrogens is 1. The van der Waals surface area contributed by atoms with E-state index in [4.69, 9.17) is 5.73 Å². The summed E-state index contributed by atoms with van der Waals surface area (Å²) < 4.78 is 28.6. The number of carbonyl (C=O) groups is 1. The molecule has 1 amide bonds. The molecule has 112 valence electrons. The number of halogens is 3. The molecule has 4 nitrogen and oxygen atoms in total. The fourth-order valence-electron chi connectivity index (χ4n) is 1.95. The highest BCUT2D eigenvalue weighted by molar-refractivity contribution is 9.10. The van der Waals surface area contributed by atoms with Crippen LogP contribution in [0.25, 0.3) is 0 Å². The Morgan fingerprint density at radius 3 is 2.71 bits per heavy atom. The third-order valence-electron chi connectivity index (χ3n) is 2.87. The molecular formula is C14H14BrF2N3O. The Morgan fingerprint density at radius 1 is 1.33 bits per heavy atom. The van der Waals surface area contributed by atoms with Crippen LogP contribution in [0.1, 0.15) is 23.8 Å². The Bertz CT molecular complexity index is 685. The normalized spacial score (nSPS) is 10.7. The van der Waals surface area contributed by atoms with Crippen molar-refractivity contribution < 1.29 is 13.6 Å². The number of hydrogen-bond donors (Lipinski definition) is 2. The minimum Gasteiger partial charge on any atom is -0.397 e. The van der Waals surface area contributed by atoms with Crippen LogP contribution < -0.4 is 11.1 Å². The monoisotopic (exact) mass is 357 g/mol. The van der Waals surface area contributed by atoms with E-state index >= 15 is 0 Å². The van der Waals surface area contributed by atoms with Gasteiger partial charge in [0, 0.05) is 18.8 Å². The number of nitrogens with zero attached hydrogens (tertiary/aromatic N) is 1. The first kappa shape index (κ1) is 15.5. The van der Waals surface area contributed by atoms with Crippen molar-refractivity contribution in [3.05, 3.63) is 46.2 Å². The molecule has 0 bridgehead atoms. The van der Waals surface area contributed by atoms with E-state index in [2.05, 4.69) is 21.2 Å². The largest absolute Gasteiger partial charge is 0.397 e. The number of rotatable bonds is 4. The van der Waals surface area contributed by atoms with Crippen LogP contribution in [-0.2, 0) is 6.54 Å². The first-order valence-corrected chi connectivity index (χ1v) is 7.13. The summed E-state index contributed by atoms with van der Waals surface area (Å²) in [6, 6.07) is 3.40. The molecule has 0 aliphatic rings. The topological polar surface area (TPSA) is 60.0 Å². The summed E-state index contributed by atoms with van der Waals surface area (Å²) in [5.74, 6) is -2.08. The van der Waals surface area contributed by atoms with E-state index < -0.39 is 17.5 Å². The molecule has 2 rings (SSSR count). The molecule has 2 aromatic rings. The van der Waals surface area contributed by atoms with Crippen LogP contribution in [0, 0.1) is 11.6 Å². The second-order valence-corrected chi connectivity index (χ2v) is 5.41. The zero-order chi connectivity index (χ0) is 15.6. The highest BCUT2D eigenvalue weighted by atomic mass is 79.9. The predicted molar refractivity (Wildman–Crippen MR) is 81.1 cm³/mol. The van der Waals surface area contributed by atoms with Gasteiger partial charge in [-0.15, -0.1) is 0 Å². The van der Waals surface area contributed by atoms with Crippen LogP contribution in [0.3, 0.4) is 0 Å². The van der Waals surface area contributed by atoms with E-state index in [1.54, 1.807) is 10.8 Å². The molecule has 1 aromatic carbocycles. The highest BCUT2D eigenvalue weighted by Gasteiger charge is 2.16. The number of nitrogens with two attached hydrogens (primary N) is 1. The van der Waals surface area contributed by atoms with Gasteiger partial charge in [-0.05, 0) is 34.5 Å². The molecule has 1 heterocycles. The summed E-state index contributed by atoms with van der Waals surface area (Å²) in [5, 5.41) is 2.42. The fraction of sp³-hybridized carbons (Fsp3) is 0.214. The number of benzene rings is 1. The molecule has 0 unspecified atom stereocenters. The third kappa shape index (κ3) is 3.41. The van der Waals surface area contributed by atoms with Gasteiger partial charge in [0.2, 0.25) is 0 Å². The quantitative estimate of drug-likeness (QED) is 0.818. The molecule has 0 aliphatic heterocycles.